The molecule has 3 nitrogen and oxygen atoms in total. The first-order valence-electron chi connectivity index (χ1n) is 7.02. The van der Waals surface area contributed by atoms with E-state index in [0.29, 0.717) is 5.92 Å². The van der Waals surface area contributed by atoms with E-state index in [0.717, 1.165) is 31.7 Å². The summed E-state index contributed by atoms with van der Waals surface area (Å²) >= 11 is 3.66. The Hall–Kier alpha value is -0.350. The van der Waals surface area contributed by atoms with E-state index in [1.807, 2.05) is 0 Å². The summed E-state index contributed by atoms with van der Waals surface area (Å²) in [7, 11) is 0. The minimum Gasteiger partial charge on any atom is -0.317 e. The predicted molar refractivity (Wildman–Crippen MR) is 81.0 cm³/mol. The van der Waals surface area contributed by atoms with Gasteiger partial charge in [0.15, 0.2) is 0 Å². The molecule has 0 saturated heterocycles. The Kier molecular flexibility index (Phi) is 6.94. The van der Waals surface area contributed by atoms with E-state index in [1.54, 1.807) is 0 Å². The molecule has 1 aromatic heterocycles. The van der Waals surface area contributed by atoms with Gasteiger partial charge in [0.2, 0.25) is 0 Å². The van der Waals surface area contributed by atoms with E-state index >= 15 is 0 Å². The lowest BCUT2D eigenvalue weighted by Crippen LogP contribution is -2.19. The van der Waals surface area contributed by atoms with E-state index in [4.69, 9.17) is 0 Å². The SMILES string of the molecule is CCCNCCC(C)Cc1c(Br)c(C)nn1CC. The van der Waals surface area contributed by atoms with Crippen LogP contribution in [0.3, 0.4) is 0 Å². The summed E-state index contributed by atoms with van der Waals surface area (Å²) in [4.78, 5) is 0. The molecule has 0 aliphatic heterocycles. The van der Waals surface area contributed by atoms with Crippen LogP contribution < -0.4 is 5.32 Å². The average molecular weight is 316 g/mol. The van der Waals surface area contributed by atoms with Gasteiger partial charge in [-0.1, -0.05) is 13.8 Å². The fraction of sp³-hybridized carbons (Fsp3) is 0.786. The van der Waals surface area contributed by atoms with Crippen LogP contribution in [0, 0.1) is 12.8 Å². The second-order valence-corrected chi connectivity index (χ2v) is 5.80. The van der Waals surface area contributed by atoms with E-state index in [-0.39, 0.29) is 0 Å². The van der Waals surface area contributed by atoms with Gasteiger partial charge < -0.3 is 5.32 Å². The van der Waals surface area contributed by atoms with E-state index in [2.05, 4.69) is 58.7 Å². The largest absolute Gasteiger partial charge is 0.317 e. The van der Waals surface area contributed by atoms with Crippen LogP contribution in [0.1, 0.15) is 45.0 Å². The third-order valence-corrected chi connectivity index (χ3v) is 4.27. The highest BCUT2D eigenvalue weighted by atomic mass is 79.9. The number of hydrogen-bond donors (Lipinski definition) is 1. The number of nitrogens with zero attached hydrogens (tertiary/aromatic N) is 2. The molecule has 1 unspecified atom stereocenters. The highest BCUT2D eigenvalue weighted by Gasteiger charge is 2.14. The van der Waals surface area contributed by atoms with E-state index in [1.165, 1.54) is 23.0 Å². The summed E-state index contributed by atoms with van der Waals surface area (Å²) in [6.07, 6.45) is 3.53. The van der Waals surface area contributed by atoms with Crippen molar-refractivity contribution in [3.05, 3.63) is 15.9 Å². The maximum absolute atomic E-state index is 4.55. The van der Waals surface area contributed by atoms with Gasteiger partial charge in [-0.2, -0.15) is 5.10 Å². The number of aryl methyl sites for hydroxylation is 2. The molecule has 1 rings (SSSR count). The molecule has 1 atom stereocenters. The van der Waals surface area contributed by atoms with Gasteiger partial charge in [0.05, 0.1) is 15.9 Å². The Morgan fingerprint density at radius 2 is 2.06 bits per heavy atom. The average Bonchev–Trinajstić information content (AvgIpc) is 2.62. The van der Waals surface area contributed by atoms with Crippen LogP contribution in [0.25, 0.3) is 0 Å². The van der Waals surface area contributed by atoms with Crippen molar-refractivity contribution in [2.75, 3.05) is 13.1 Å². The zero-order chi connectivity index (χ0) is 13.5. The molecule has 4 heteroatoms. The molecule has 0 radical (unpaired) electrons. The molecule has 0 aliphatic rings. The summed E-state index contributed by atoms with van der Waals surface area (Å²) < 4.78 is 3.31. The summed E-state index contributed by atoms with van der Waals surface area (Å²) in [5.74, 6) is 0.687. The van der Waals surface area contributed by atoms with Crippen LogP contribution in [0.2, 0.25) is 0 Å². The predicted octanol–water partition coefficient (Wildman–Crippen LogP) is 3.54. The monoisotopic (exact) mass is 315 g/mol. The molecule has 0 spiro atoms. The molecule has 0 aromatic carbocycles. The second-order valence-electron chi connectivity index (χ2n) is 5.01. The normalized spacial score (nSPS) is 12.9. The van der Waals surface area contributed by atoms with Crippen molar-refractivity contribution in [1.29, 1.82) is 0 Å². The molecule has 0 amide bonds. The van der Waals surface area contributed by atoms with Crippen LogP contribution in [0.5, 0.6) is 0 Å². The van der Waals surface area contributed by atoms with Gasteiger partial charge in [-0.3, -0.25) is 4.68 Å². The van der Waals surface area contributed by atoms with Crippen molar-refractivity contribution in [2.24, 2.45) is 5.92 Å². The molecule has 1 aromatic rings. The zero-order valence-corrected chi connectivity index (χ0v) is 13.7. The van der Waals surface area contributed by atoms with Crippen molar-refractivity contribution in [3.8, 4) is 0 Å². The highest BCUT2D eigenvalue weighted by Crippen LogP contribution is 2.24. The fourth-order valence-corrected chi connectivity index (χ4v) is 2.59. The van der Waals surface area contributed by atoms with E-state index in [9.17, 15) is 0 Å². The first kappa shape index (κ1) is 15.7. The fourth-order valence-electron chi connectivity index (χ4n) is 2.15. The number of hydrogen-bond acceptors (Lipinski definition) is 2. The topological polar surface area (TPSA) is 29.9 Å². The molecule has 1 N–H and O–H groups in total. The Balaban J connectivity index is 2.50. The van der Waals surface area contributed by atoms with Gasteiger partial charge in [0, 0.05) is 6.54 Å². The quantitative estimate of drug-likeness (QED) is 0.744. The van der Waals surface area contributed by atoms with Crippen LogP contribution in [-0.4, -0.2) is 22.9 Å². The third-order valence-electron chi connectivity index (χ3n) is 3.24. The number of aromatic nitrogens is 2. The Morgan fingerprint density at radius 3 is 2.67 bits per heavy atom. The second kappa shape index (κ2) is 7.95. The maximum atomic E-state index is 4.55. The Bertz CT molecular complexity index is 360. The van der Waals surface area contributed by atoms with Crippen LogP contribution in [-0.2, 0) is 13.0 Å². The first-order valence-corrected chi connectivity index (χ1v) is 7.81. The molecular weight excluding hydrogens is 290 g/mol. The third kappa shape index (κ3) is 4.39. The molecule has 104 valence electrons. The van der Waals surface area contributed by atoms with Crippen molar-refractivity contribution < 1.29 is 0 Å². The van der Waals surface area contributed by atoms with Gasteiger partial charge >= 0.3 is 0 Å². The summed E-state index contributed by atoms with van der Waals surface area (Å²) in [5, 5.41) is 8.01. The van der Waals surface area contributed by atoms with Gasteiger partial charge in [-0.05, 0) is 68.0 Å². The number of halogens is 1. The summed E-state index contributed by atoms with van der Waals surface area (Å²) in [5.41, 5.74) is 2.45. The summed E-state index contributed by atoms with van der Waals surface area (Å²) in [6.45, 7) is 11.9. The van der Waals surface area contributed by atoms with Crippen LogP contribution >= 0.6 is 15.9 Å². The lowest BCUT2D eigenvalue weighted by Gasteiger charge is -2.13. The van der Waals surface area contributed by atoms with Crippen molar-refractivity contribution in [2.45, 2.75) is 53.5 Å². The van der Waals surface area contributed by atoms with E-state index < -0.39 is 0 Å². The zero-order valence-electron chi connectivity index (χ0n) is 12.1. The minimum absolute atomic E-state index is 0.687. The highest BCUT2D eigenvalue weighted by molar-refractivity contribution is 9.10. The molecular formula is C14H26BrN3. The molecule has 0 saturated carbocycles. The summed E-state index contributed by atoms with van der Waals surface area (Å²) in [6, 6.07) is 0. The standard InChI is InChI=1S/C14H26BrN3/c1-5-8-16-9-7-11(3)10-13-14(15)12(4)17-18(13)6-2/h11,16H,5-10H2,1-4H3. The van der Waals surface area contributed by atoms with Crippen LogP contribution in [0.15, 0.2) is 4.47 Å². The van der Waals surface area contributed by atoms with Crippen LogP contribution in [0.4, 0.5) is 0 Å². The lowest BCUT2D eigenvalue weighted by molar-refractivity contribution is 0.476. The smallest absolute Gasteiger partial charge is 0.0738 e. The minimum atomic E-state index is 0.687. The van der Waals surface area contributed by atoms with Gasteiger partial charge in [-0.25, -0.2) is 0 Å². The van der Waals surface area contributed by atoms with Gasteiger partial charge in [0.1, 0.15) is 0 Å². The molecule has 1 heterocycles. The van der Waals surface area contributed by atoms with Crippen molar-refractivity contribution >= 4 is 15.9 Å². The molecule has 0 aliphatic carbocycles. The number of rotatable bonds is 8. The van der Waals surface area contributed by atoms with Crippen molar-refractivity contribution in [3.63, 3.8) is 0 Å². The van der Waals surface area contributed by atoms with Crippen molar-refractivity contribution in [1.82, 2.24) is 15.1 Å². The van der Waals surface area contributed by atoms with Gasteiger partial charge in [0.25, 0.3) is 0 Å². The molecule has 0 fully saturated rings. The molecule has 0 bridgehead atoms. The van der Waals surface area contributed by atoms with Gasteiger partial charge in [-0.15, -0.1) is 0 Å². The lowest BCUT2D eigenvalue weighted by atomic mass is 10.0. The first-order chi connectivity index (χ1) is 8.60. The molecule has 18 heavy (non-hydrogen) atoms. The Labute approximate surface area is 119 Å². The number of nitrogens with one attached hydrogen (secondary N) is 1. The Morgan fingerprint density at radius 1 is 1.33 bits per heavy atom. The maximum Gasteiger partial charge on any atom is 0.0738 e.